The summed E-state index contributed by atoms with van der Waals surface area (Å²) in [5, 5.41) is 8.46. The first-order valence-corrected chi connectivity index (χ1v) is 3.85. The Bertz CT molecular complexity index is 181. The number of hydrogen-bond donors (Lipinski definition) is 2. The molecule has 2 unspecified atom stereocenters. The molecule has 0 aliphatic carbocycles. The van der Waals surface area contributed by atoms with Crippen LogP contribution in [0.5, 0.6) is 0 Å². The zero-order chi connectivity index (χ0) is 10.6. The van der Waals surface area contributed by atoms with Crippen molar-refractivity contribution in [1.29, 1.82) is 0 Å². The Kier molecular flexibility index (Phi) is 4.19. The predicted octanol–water partition coefficient (Wildman–Crippen LogP) is 1.38. The number of alkyl halides is 3. The second kappa shape index (κ2) is 4.45. The van der Waals surface area contributed by atoms with Gasteiger partial charge in [0.05, 0.1) is 5.92 Å². The van der Waals surface area contributed by atoms with Gasteiger partial charge in [-0.3, -0.25) is 4.79 Å². The molecule has 0 aromatic heterocycles. The lowest BCUT2D eigenvalue weighted by Crippen LogP contribution is -2.46. The normalized spacial score (nSPS) is 16.7. The number of nitrogens with two attached hydrogens (primary N) is 1. The first kappa shape index (κ1) is 12.2. The van der Waals surface area contributed by atoms with Crippen LogP contribution in [0.15, 0.2) is 0 Å². The maximum atomic E-state index is 12.0. The molecule has 0 radical (unpaired) electrons. The van der Waals surface area contributed by atoms with Crippen molar-refractivity contribution in [2.24, 2.45) is 11.7 Å². The molecule has 2 atom stereocenters. The van der Waals surface area contributed by atoms with Gasteiger partial charge in [-0.25, -0.2) is 0 Å². The van der Waals surface area contributed by atoms with E-state index in [1.807, 2.05) is 0 Å². The van der Waals surface area contributed by atoms with Gasteiger partial charge in [0.25, 0.3) is 0 Å². The van der Waals surface area contributed by atoms with Gasteiger partial charge in [0.2, 0.25) is 0 Å². The van der Waals surface area contributed by atoms with Crippen molar-refractivity contribution in [2.75, 3.05) is 0 Å². The largest absolute Gasteiger partial charge is 0.481 e. The summed E-state index contributed by atoms with van der Waals surface area (Å²) in [6.45, 7) is 1.61. The van der Waals surface area contributed by atoms with E-state index in [2.05, 4.69) is 0 Å². The Morgan fingerprint density at radius 1 is 1.54 bits per heavy atom. The lowest BCUT2D eigenvalue weighted by Gasteiger charge is -2.21. The molecule has 0 spiro atoms. The first-order chi connectivity index (χ1) is 5.80. The van der Waals surface area contributed by atoms with Gasteiger partial charge in [-0.1, -0.05) is 13.3 Å². The molecule has 0 aromatic carbocycles. The maximum absolute atomic E-state index is 12.0. The van der Waals surface area contributed by atoms with Crippen molar-refractivity contribution in [3.05, 3.63) is 0 Å². The van der Waals surface area contributed by atoms with Gasteiger partial charge >= 0.3 is 12.1 Å². The van der Waals surface area contributed by atoms with Crippen molar-refractivity contribution >= 4 is 5.97 Å². The zero-order valence-corrected chi connectivity index (χ0v) is 7.14. The van der Waals surface area contributed by atoms with E-state index in [1.54, 1.807) is 6.92 Å². The van der Waals surface area contributed by atoms with Gasteiger partial charge < -0.3 is 10.8 Å². The Labute approximate surface area is 73.7 Å². The predicted molar refractivity (Wildman–Crippen MR) is 40.1 cm³/mol. The van der Waals surface area contributed by atoms with E-state index in [1.165, 1.54) is 0 Å². The van der Waals surface area contributed by atoms with Crippen LogP contribution < -0.4 is 5.73 Å². The zero-order valence-electron chi connectivity index (χ0n) is 7.14. The van der Waals surface area contributed by atoms with E-state index in [0.717, 1.165) is 0 Å². The van der Waals surface area contributed by atoms with Gasteiger partial charge in [-0.15, -0.1) is 0 Å². The van der Waals surface area contributed by atoms with Crippen LogP contribution in [0.4, 0.5) is 13.2 Å². The summed E-state index contributed by atoms with van der Waals surface area (Å²) >= 11 is 0. The molecule has 0 aromatic rings. The van der Waals surface area contributed by atoms with E-state index >= 15 is 0 Å². The van der Waals surface area contributed by atoms with Gasteiger partial charge in [-0.2, -0.15) is 13.2 Å². The van der Waals surface area contributed by atoms with E-state index in [9.17, 15) is 18.0 Å². The molecule has 0 amide bonds. The minimum Gasteiger partial charge on any atom is -0.481 e. The minimum atomic E-state index is -4.64. The third kappa shape index (κ3) is 3.63. The SMILES string of the molecule is CCCC(C(=O)O)C(N)C(F)(F)F. The Balaban J connectivity index is 4.46. The van der Waals surface area contributed by atoms with Gasteiger partial charge in [0.15, 0.2) is 0 Å². The van der Waals surface area contributed by atoms with Crippen molar-refractivity contribution in [1.82, 2.24) is 0 Å². The average Bonchev–Trinajstić information content (AvgIpc) is 1.96. The topological polar surface area (TPSA) is 63.3 Å². The van der Waals surface area contributed by atoms with Crippen molar-refractivity contribution in [3.63, 3.8) is 0 Å². The molecule has 0 fully saturated rings. The standard InChI is InChI=1S/C7H12F3NO2/c1-2-3-4(6(12)13)5(11)7(8,9)10/h4-5H,2-3,11H2,1H3,(H,12,13). The summed E-state index contributed by atoms with van der Waals surface area (Å²) in [7, 11) is 0. The quantitative estimate of drug-likeness (QED) is 0.718. The van der Waals surface area contributed by atoms with Crippen LogP contribution >= 0.6 is 0 Å². The molecule has 3 N–H and O–H groups in total. The fourth-order valence-electron chi connectivity index (χ4n) is 0.996. The van der Waals surface area contributed by atoms with E-state index in [4.69, 9.17) is 10.8 Å². The molecular weight excluding hydrogens is 187 g/mol. The smallest absolute Gasteiger partial charge is 0.404 e. The molecule has 0 heterocycles. The fourth-order valence-corrected chi connectivity index (χ4v) is 0.996. The first-order valence-electron chi connectivity index (χ1n) is 3.85. The van der Waals surface area contributed by atoms with Crippen LogP contribution in [0.3, 0.4) is 0 Å². The van der Waals surface area contributed by atoms with Gasteiger partial charge in [0.1, 0.15) is 6.04 Å². The second-order valence-corrected chi connectivity index (χ2v) is 2.80. The number of carboxylic acids is 1. The highest BCUT2D eigenvalue weighted by Gasteiger charge is 2.44. The Hall–Kier alpha value is -0.780. The van der Waals surface area contributed by atoms with Crippen molar-refractivity contribution in [2.45, 2.75) is 32.0 Å². The summed E-state index contributed by atoms with van der Waals surface area (Å²) in [5.74, 6) is -3.03. The highest BCUT2D eigenvalue weighted by Crippen LogP contribution is 2.26. The van der Waals surface area contributed by atoms with Crippen LogP contribution in [0.2, 0.25) is 0 Å². The van der Waals surface area contributed by atoms with Crippen LogP contribution in [0, 0.1) is 5.92 Å². The average molecular weight is 199 g/mol. The van der Waals surface area contributed by atoms with Crippen LogP contribution in [0.1, 0.15) is 19.8 Å². The summed E-state index contributed by atoms with van der Waals surface area (Å²) in [5.41, 5.74) is 4.78. The highest BCUT2D eigenvalue weighted by atomic mass is 19.4. The van der Waals surface area contributed by atoms with Gasteiger partial charge in [0, 0.05) is 0 Å². The van der Waals surface area contributed by atoms with Crippen molar-refractivity contribution in [3.8, 4) is 0 Å². The van der Waals surface area contributed by atoms with Crippen LogP contribution in [-0.4, -0.2) is 23.3 Å². The number of carbonyl (C=O) groups is 1. The van der Waals surface area contributed by atoms with Crippen LogP contribution in [-0.2, 0) is 4.79 Å². The monoisotopic (exact) mass is 199 g/mol. The fraction of sp³-hybridized carbons (Fsp3) is 0.857. The highest BCUT2D eigenvalue weighted by molar-refractivity contribution is 5.71. The van der Waals surface area contributed by atoms with Gasteiger partial charge in [-0.05, 0) is 6.42 Å². The molecule has 0 rings (SSSR count). The number of carboxylic acid groups (broad SMARTS) is 1. The molecule has 0 saturated heterocycles. The number of hydrogen-bond acceptors (Lipinski definition) is 2. The molecule has 0 saturated carbocycles. The third-order valence-corrected chi connectivity index (χ3v) is 1.73. The summed E-state index contributed by atoms with van der Waals surface area (Å²) in [6, 6.07) is -2.27. The summed E-state index contributed by atoms with van der Waals surface area (Å²) < 4.78 is 36.0. The molecule has 0 bridgehead atoms. The number of aliphatic carboxylic acids is 1. The second-order valence-electron chi connectivity index (χ2n) is 2.80. The molecule has 13 heavy (non-hydrogen) atoms. The van der Waals surface area contributed by atoms with E-state index in [-0.39, 0.29) is 6.42 Å². The molecule has 0 aliphatic rings. The lowest BCUT2D eigenvalue weighted by molar-refractivity contribution is -0.173. The minimum absolute atomic E-state index is 0.0595. The lowest BCUT2D eigenvalue weighted by atomic mass is 9.95. The summed E-state index contributed by atoms with van der Waals surface area (Å²) in [4.78, 5) is 10.4. The number of halogens is 3. The van der Waals surface area contributed by atoms with E-state index < -0.39 is 24.1 Å². The summed E-state index contributed by atoms with van der Waals surface area (Å²) in [6.07, 6.45) is -4.34. The molecular formula is C7H12F3NO2. The Morgan fingerprint density at radius 3 is 2.23 bits per heavy atom. The molecule has 78 valence electrons. The molecule has 0 aliphatic heterocycles. The Morgan fingerprint density at radius 2 is 2.00 bits per heavy atom. The van der Waals surface area contributed by atoms with Crippen molar-refractivity contribution < 1.29 is 23.1 Å². The molecule has 3 nitrogen and oxygen atoms in total. The van der Waals surface area contributed by atoms with Crippen LogP contribution in [0.25, 0.3) is 0 Å². The third-order valence-electron chi connectivity index (χ3n) is 1.73. The maximum Gasteiger partial charge on any atom is 0.404 e. The molecule has 6 heteroatoms. The number of rotatable bonds is 4. The van der Waals surface area contributed by atoms with E-state index in [0.29, 0.717) is 6.42 Å².